The van der Waals surface area contributed by atoms with Gasteiger partial charge in [0.25, 0.3) is 5.56 Å². The molecule has 7 heteroatoms. The molecule has 6 nitrogen and oxygen atoms in total. The highest BCUT2D eigenvalue weighted by atomic mass is 79.9. The summed E-state index contributed by atoms with van der Waals surface area (Å²) in [5, 5.41) is 3.12. The van der Waals surface area contributed by atoms with Crippen LogP contribution in [0.4, 0.5) is 5.95 Å². The van der Waals surface area contributed by atoms with E-state index in [0.29, 0.717) is 21.7 Å². The molecule has 1 aliphatic rings. The van der Waals surface area contributed by atoms with Crippen molar-refractivity contribution in [1.82, 2.24) is 19.5 Å². The van der Waals surface area contributed by atoms with Crippen molar-refractivity contribution in [1.29, 1.82) is 0 Å². The van der Waals surface area contributed by atoms with E-state index in [1.54, 1.807) is 4.57 Å². The molecule has 0 unspecified atom stereocenters. The fourth-order valence-corrected chi connectivity index (χ4v) is 3.30. The third kappa shape index (κ3) is 2.54. The first-order chi connectivity index (χ1) is 10.1. The summed E-state index contributed by atoms with van der Waals surface area (Å²) in [5.74, 6) is 0.553. The van der Waals surface area contributed by atoms with Gasteiger partial charge in [0.1, 0.15) is 5.52 Å². The van der Waals surface area contributed by atoms with E-state index in [2.05, 4.69) is 36.2 Å². The van der Waals surface area contributed by atoms with Gasteiger partial charge in [-0.2, -0.15) is 4.98 Å². The van der Waals surface area contributed by atoms with Crippen molar-refractivity contribution in [3.8, 4) is 0 Å². The van der Waals surface area contributed by atoms with Crippen molar-refractivity contribution in [2.75, 3.05) is 11.9 Å². The van der Waals surface area contributed by atoms with Crippen molar-refractivity contribution < 1.29 is 0 Å². The van der Waals surface area contributed by atoms with Crippen LogP contribution in [-0.4, -0.2) is 26.1 Å². The van der Waals surface area contributed by atoms with Crippen LogP contribution in [0.1, 0.15) is 44.3 Å². The van der Waals surface area contributed by atoms with E-state index >= 15 is 0 Å². The van der Waals surface area contributed by atoms with Gasteiger partial charge in [-0.3, -0.25) is 9.36 Å². The zero-order chi connectivity index (χ0) is 15.0. The molecule has 0 radical (unpaired) electrons. The average molecular weight is 352 g/mol. The van der Waals surface area contributed by atoms with Gasteiger partial charge in [-0.15, -0.1) is 0 Å². The predicted octanol–water partition coefficient (Wildman–Crippen LogP) is 2.80. The van der Waals surface area contributed by atoms with Crippen LogP contribution in [0.25, 0.3) is 11.2 Å². The molecular weight excluding hydrogens is 334 g/mol. The summed E-state index contributed by atoms with van der Waals surface area (Å²) >= 11 is 3.28. The first-order valence-electron chi connectivity index (χ1n) is 7.32. The minimum absolute atomic E-state index is 0.102. The molecule has 2 aromatic heterocycles. The van der Waals surface area contributed by atoms with E-state index < -0.39 is 0 Å². The van der Waals surface area contributed by atoms with Gasteiger partial charge < -0.3 is 5.32 Å². The van der Waals surface area contributed by atoms with E-state index in [4.69, 9.17) is 0 Å². The first-order valence-corrected chi connectivity index (χ1v) is 8.11. The smallest absolute Gasteiger partial charge is 0.285 e. The topological polar surface area (TPSA) is 72.7 Å². The second-order valence-corrected chi connectivity index (χ2v) is 6.10. The monoisotopic (exact) mass is 351 g/mol. The molecule has 0 aliphatic heterocycles. The molecule has 1 saturated carbocycles. The molecule has 21 heavy (non-hydrogen) atoms. The number of aryl methyl sites for hydroxylation is 1. The highest BCUT2D eigenvalue weighted by Crippen LogP contribution is 2.31. The second-order valence-electron chi connectivity index (χ2n) is 5.35. The maximum Gasteiger partial charge on any atom is 0.285 e. The van der Waals surface area contributed by atoms with Crippen molar-refractivity contribution in [2.45, 2.75) is 45.6 Å². The van der Waals surface area contributed by atoms with Crippen LogP contribution in [0.2, 0.25) is 0 Å². The van der Waals surface area contributed by atoms with E-state index in [1.807, 2.05) is 13.8 Å². The number of aromatic nitrogens is 4. The lowest BCUT2D eigenvalue weighted by Crippen LogP contribution is -2.27. The predicted molar refractivity (Wildman–Crippen MR) is 85.7 cm³/mol. The van der Waals surface area contributed by atoms with Crippen LogP contribution in [-0.2, 0) is 0 Å². The van der Waals surface area contributed by atoms with E-state index in [-0.39, 0.29) is 11.6 Å². The van der Waals surface area contributed by atoms with Crippen LogP contribution in [0, 0.1) is 6.92 Å². The Morgan fingerprint density at radius 1 is 1.29 bits per heavy atom. The number of anilines is 1. The lowest BCUT2D eigenvalue weighted by molar-refractivity contribution is 0.512. The molecule has 3 rings (SSSR count). The van der Waals surface area contributed by atoms with Gasteiger partial charge in [0.2, 0.25) is 5.95 Å². The summed E-state index contributed by atoms with van der Waals surface area (Å²) in [6.45, 7) is 4.63. The van der Waals surface area contributed by atoms with E-state index in [9.17, 15) is 4.79 Å². The highest BCUT2D eigenvalue weighted by Gasteiger charge is 2.23. The fourth-order valence-electron chi connectivity index (χ4n) is 2.93. The van der Waals surface area contributed by atoms with Gasteiger partial charge in [-0.05, 0) is 42.6 Å². The molecule has 0 aromatic carbocycles. The van der Waals surface area contributed by atoms with E-state index in [1.165, 1.54) is 0 Å². The summed E-state index contributed by atoms with van der Waals surface area (Å²) in [6.07, 6.45) is 4.35. The molecule has 112 valence electrons. The van der Waals surface area contributed by atoms with Gasteiger partial charge in [0, 0.05) is 12.6 Å². The molecular formula is C14H18BrN5O. The fraction of sp³-hybridized carbons (Fsp3) is 0.571. The average Bonchev–Trinajstić information content (AvgIpc) is 2.95. The molecule has 0 amide bonds. The maximum atomic E-state index is 12.5. The number of hydrogen-bond acceptors (Lipinski definition) is 5. The third-order valence-corrected chi connectivity index (χ3v) is 4.41. The Hall–Kier alpha value is -1.50. The highest BCUT2D eigenvalue weighted by molar-refractivity contribution is 9.10. The quantitative estimate of drug-likeness (QED) is 0.920. The Balaban J connectivity index is 2.31. The Morgan fingerprint density at radius 2 is 2.00 bits per heavy atom. The van der Waals surface area contributed by atoms with E-state index in [0.717, 1.165) is 37.9 Å². The Labute approximate surface area is 131 Å². The number of rotatable bonds is 3. The van der Waals surface area contributed by atoms with Crippen LogP contribution in [0.3, 0.4) is 0 Å². The summed E-state index contributed by atoms with van der Waals surface area (Å²) < 4.78 is 2.14. The van der Waals surface area contributed by atoms with Crippen molar-refractivity contribution in [3.05, 3.63) is 20.7 Å². The number of nitrogens with one attached hydrogen (secondary N) is 1. The normalized spacial score (nSPS) is 15.8. The zero-order valence-electron chi connectivity index (χ0n) is 12.2. The van der Waals surface area contributed by atoms with Gasteiger partial charge >= 0.3 is 0 Å². The van der Waals surface area contributed by atoms with Crippen molar-refractivity contribution in [2.24, 2.45) is 0 Å². The molecule has 2 heterocycles. The second kappa shape index (κ2) is 5.71. The largest absolute Gasteiger partial charge is 0.354 e. The van der Waals surface area contributed by atoms with Crippen LogP contribution in [0.15, 0.2) is 9.40 Å². The molecule has 0 spiro atoms. The summed E-state index contributed by atoms with van der Waals surface area (Å²) in [7, 11) is 0. The van der Waals surface area contributed by atoms with Crippen LogP contribution in [0.5, 0.6) is 0 Å². The SMILES string of the molecule is CCNc1nc(C)c2nc(Br)c(=O)n(C3CCCC3)c2n1. The maximum absolute atomic E-state index is 12.5. The molecule has 0 bridgehead atoms. The minimum Gasteiger partial charge on any atom is -0.354 e. The summed E-state index contributed by atoms with van der Waals surface area (Å²) in [5.41, 5.74) is 2.01. The lowest BCUT2D eigenvalue weighted by Gasteiger charge is -2.17. The molecule has 2 aromatic rings. The Kier molecular flexibility index (Phi) is 3.93. The number of fused-ring (bicyclic) bond motifs is 1. The minimum atomic E-state index is -0.102. The van der Waals surface area contributed by atoms with Crippen molar-refractivity contribution in [3.63, 3.8) is 0 Å². The van der Waals surface area contributed by atoms with Crippen molar-refractivity contribution >= 4 is 33.0 Å². The number of halogens is 1. The Morgan fingerprint density at radius 3 is 2.67 bits per heavy atom. The molecule has 1 N–H and O–H groups in total. The summed E-state index contributed by atoms with van der Waals surface area (Å²) in [4.78, 5) is 25.8. The number of hydrogen-bond donors (Lipinski definition) is 1. The van der Waals surface area contributed by atoms with Gasteiger partial charge in [-0.1, -0.05) is 12.8 Å². The van der Waals surface area contributed by atoms with Gasteiger partial charge in [0.05, 0.1) is 5.69 Å². The Bertz CT molecular complexity index is 736. The van der Waals surface area contributed by atoms with Crippen LogP contribution < -0.4 is 10.9 Å². The molecule has 0 atom stereocenters. The van der Waals surface area contributed by atoms with Gasteiger partial charge in [-0.25, -0.2) is 9.97 Å². The first kappa shape index (κ1) is 14.4. The van der Waals surface area contributed by atoms with Crippen LogP contribution >= 0.6 is 15.9 Å². The molecule has 1 aliphatic carbocycles. The standard InChI is InChI=1S/C14H18BrN5O/c1-3-16-14-17-8(2)10-12(19-14)20(9-6-4-5-7-9)13(21)11(15)18-10/h9H,3-7H2,1-2H3,(H,16,17,19). The lowest BCUT2D eigenvalue weighted by atomic mass is 10.2. The molecule has 0 saturated heterocycles. The summed E-state index contributed by atoms with van der Waals surface area (Å²) in [6, 6.07) is 0.211. The van der Waals surface area contributed by atoms with Gasteiger partial charge in [0.15, 0.2) is 10.3 Å². The number of nitrogens with zero attached hydrogens (tertiary/aromatic N) is 4. The molecule has 1 fully saturated rings. The zero-order valence-corrected chi connectivity index (χ0v) is 13.8. The third-order valence-electron chi connectivity index (χ3n) is 3.90.